The molecule has 0 aliphatic heterocycles. The zero-order chi connectivity index (χ0) is 9.26. The minimum atomic E-state index is 0. The SMILES string of the molecule is C.Cc1cc(Cl)nn1-c1cccnc1. The number of aromatic nitrogens is 3. The van der Waals surface area contributed by atoms with Crippen molar-refractivity contribution >= 4 is 11.6 Å². The van der Waals surface area contributed by atoms with E-state index >= 15 is 0 Å². The molecule has 0 bridgehead atoms. The monoisotopic (exact) mass is 209 g/mol. The number of rotatable bonds is 1. The average Bonchev–Trinajstić information content (AvgIpc) is 2.47. The molecule has 2 heterocycles. The van der Waals surface area contributed by atoms with Crippen LogP contribution in [0.25, 0.3) is 5.69 Å². The van der Waals surface area contributed by atoms with E-state index in [1.807, 2.05) is 25.1 Å². The molecule has 0 N–H and O–H groups in total. The molecule has 4 heteroatoms. The van der Waals surface area contributed by atoms with Crippen LogP contribution in [0.5, 0.6) is 0 Å². The van der Waals surface area contributed by atoms with Crippen LogP contribution in [0.15, 0.2) is 30.6 Å². The molecule has 0 fully saturated rings. The van der Waals surface area contributed by atoms with Crippen molar-refractivity contribution in [2.75, 3.05) is 0 Å². The zero-order valence-corrected chi connectivity index (χ0v) is 7.86. The van der Waals surface area contributed by atoms with Crippen molar-refractivity contribution in [3.05, 3.63) is 41.4 Å². The van der Waals surface area contributed by atoms with Gasteiger partial charge in [0.25, 0.3) is 0 Å². The smallest absolute Gasteiger partial charge is 0.151 e. The van der Waals surface area contributed by atoms with E-state index in [1.54, 1.807) is 17.1 Å². The Morgan fingerprint density at radius 1 is 1.43 bits per heavy atom. The largest absolute Gasteiger partial charge is 0.262 e. The molecule has 0 aliphatic rings. The third kappa shape index (κ3) is 1.93. The van der Waals surface area contributed by atoms with Gasteiger partial charge in [-0.1, -0.05) is 19.0 Å². The molecule has 0 spiro atoms. The molecule has 2 aromatic heterocycles. The molecule has 0 saturated carbocycles. The lowest BCUT2D eigenvalue weighted by atomic mass is 10.4. The first-order valence-corrected chi connectivity index (χ1v) is 4.28. The molecule has 2 rings (SSSR count). The molecule has 0 aromatic carbocycles. The second-order valence-corrected chi connectivity index (χ2v) is 3.12. The average molecular weight is 210 g/mol. The second-order valence-electron chi connectivity index (χ2n) is 2.73. The van der Waals surface area contributed by atoms with E-state index < -0.39 is 0 Å². The fourth-order valence-electron chi connectivity index (χ4n) is 1.18. The number of pyridine rings is 1. The lowest BCUT2D eigenvalue weighted by Crippen LogP contribution is -1.98. The van der Waals surface area contributed by atoms with Gasteiger partial charge in [-0.15, -0.1) is 0 Å². The van der Waals surface area contributed by atoms with E-state index in [0.29, 0.717) is 5.15 Å². The van der Waals surface area contributed by atoms with E-state index in [0.717, 1.165) is 11.4 Å². The van der Waals surface area contributed by atoms with Crippen molar-refractivity contribution < 1.29 is 0 Å². The summed E-state index contributed by atoms with van der Waals surface area (Å²) in [4.78, 5) is 4.01. The maximum Gasteiger partial charge on any atom is 0.151 e. The quantitative estimate of drug-likeness (QED) is 0.723. The number of hydrogen-bond acceptors (Lipinski definition) is 2. The summed E-state index contributed by atoms with van der Waals surface area (Å²) in [6.45, 7) is 1.95. The minimum absolute atomic E-state index is 0. The summed E-state index contributed by atoms with van der Waals surface area (Å²) in [5.41, 5.74) is 1.92. The van der Waals surface area contributed by atoms with Crippen LogP contribution in [0.1, 0.15) is 13.1 Å². The van der Waals surface area contributed by atoms with Crippen LogP contribution in [-0.2, 0) is 0 Å². The first-order chi connectivity index (χ1) is 6.27. The lowest BCUT2D eigenvalue weighted by Gasteiger charge is -2.01. The van der Waals surface area contributed by atoms with Crippen LogP contribution in [0.2, 0.25) is 5.15 Å². The molecule has 14 heavy (non-hydrogen) atoms. The van der Waals surface area contributed by atoms with Gasteiger partial charge < -0.3 is 0 Å². The van der Waals surface area contributed by atoms with Gasteiger partial charge in [0.05, 0.1) is 11.9 Å². The molecule has 3 nitrogen and oxygen atoms in total. The van der Waals surface area contributed by atoms with Gasteiger partial charge in [0.2, 0.25) is 0 Å². The van der Waals surface area contributed by atoms with E-state index in [9.17, 15) is 0 Å². The van der Waals surface area contributed by atoms with Crippen molar-refractivity contribution in [1.82, 2.24) is 14.8 Å². The van der Waals surface area contributed by atoms with Crippen LogP contribution < -0.4 is 0 Å². The molecule has 0 saturated heterocycles. The lowest BCUT2D eigenvalue weighted by molar-refractivity contribution is 0.842. The van der Waals surface area contributed by atoms with Gasteiger partial charge in [-0.25, -0.2) is 4.68 Å². The Bertz CT molecular complexity index is 409. The highest BCUT2D eigenvalue weighted by Gasteiger charge is 2.03. The van der Waals surface area contributed by atoms with Crippen molar-refractivity contribution in [3.8, 4) is 5.69 Å². The molecular weight excluding hydrogens is 198 g/mol. The van der Waals surface area contributed by atoms with Crippen LogP contribution >= 0.6 is 11.6 Å². The third-order valence-electron chi connectivity index (χ3n) is 1.75. The second kappa shape index (κ2) is 4.24. The third-order valence-corrected chi connectivity index (χ3v) is 1.93. The molecule has 0 aliphatic carbocycles. The van der Waals surface area contributed by atoms with Crippen molar-refractivity contribution in [2.24, 2.45) is 0 Å². The van der Waals surface area contributed by atoms with Crippen LogP contribution in [-0.4, -0.2) is 14.8 Å². The summed E-state index contributed by atoms with van der Waals surface area (Å²) in [6.07, 6.45) is 3.47. The van der Waals surface area contributed by atoms with Crippen molar-refractivity contribution in [2.45, 2.75) is 14.4 Å². The van der Waals surface area contributed by atoms with Crippen molar-refractivity contribution in [3.63, 3.8) is 0 Å². The minimum Gasteiger partial charge on any atom is -0.262 e. The highest BCUT2D eigenvalue weighted by atomic mass is 35.5. The van der Waals surface area contributed by atoms with Gasteiger partial charge in [0.1, 0.15) is 0 Å². The first-order valence-electron chi connectivity index (χ1n) is 3.90. The Morgan fingerprint density at radius 3 is 2.71 bits per heavy atom. The van der Waals surface area contributed by atoms with Crippen molar-refractivity contribution in [1.29, 1.82) is 0 Å². The molecule has 0 unspecified atom stereocenters. The van der Waals surface area contributed by atoms with Crippen LogP contribution in [0.3, 0.4) is 0 Å². The van der Waals surface area contributed by atoms with E-state index in [1.165, 1.54) is 0 Å². The molecule has 0 atom stereocenters. The van der Waals surface area contributed by atoms with Gasteiger partial charge in [-0.3, -0.25) is 4.98 Å². The normalized spacial score (nSPS) is 9.57. The number of nitrogens with zero attached hydrogens (tertiary/aromatic N) is 3. The van der Waals surface area contributed by atoms with E-state index in [4.69, 9.17) is 11.6 Å². The van der Waals surface area contributed by atoms with Crippen LogP contribution in [0.4, 0.5) is 0 Å². The Balaban J connectivity index is 0.000000980. The number of halogens is 1. The summed E-state index contributed by atoms with van der Waals surface area (Å²) >= 11 is 5.76. The Kier molecular flexibility index (Phi) is 3.25. The van der Waals surface area contributed by atoms with Gasteiger partial charge in [-0.05, 0) is 25.1 Å². The molecule has 0 radical (unpaired) electrons. The number of aryl methyl sites for hydroxylation is 1. The Labute approximate surface area is 88.4 Å². The summed E-state index contributed by atoms with van der Waals surface area (Å²) in [5.74, 6) is 0. The molecule has 74 valence electrons. The molecule has 0 amide bonds. The van der Waals surface area contributed by atoms with Gasteiger partial charge in [0, 0.05) is 11.9 Å². The predicted molar refractivity (Wildman–Crippen MR) is 57.8 cm³/mol. The maximum absolute atomic E-state index is 5.76. The highest BCUT2D eigenvalue weighted by molar-refractivity contribution is 6.29. The summed E-state index contributed by atoms with van der Waals surface area (Å²) in [7, 11) is 0. The Morgan fingerprint density at radius 2 is 2.21 bits per heavy atom. The number of hydrogen-bond donors (Lipinski definition) is 0. The Hall–Kier alpha value is -1.35. The van der Waals surface area contributed by atoms with Crippen LogP contribution in [0, 0.1) is 6.92 Å². The predicted octanol–water partition coefficient (Wildman–Crippen LogP) is 2.87. The van der Waals surface area contributed by atoms with E-state index in [-0.39, 0.29) is 7.43 Å². The summed E-state index contributed by atoms with van der Waals surface area (Å²) in [5, 5.41) is 4.62. The zero-order valence-electron chi connectivity index (χ0n) is 7.11. The summed E-state index contributed by atoms with van der Waals surface area (Å²) in [6, 6.07) is 5.61. The van der Waals surface area contributed by atoms with Gasteiger partial charge in [-0.2, -0.15) is 5.10 Å². The fraction of sp³-hybridized carbons (Fsp3) is 0.200. The standard InChI is InChI=1S/C9H8ClN3.CH4/c1-7-5-9(10)12-13(7)8-3-2-4-11-6-8;/h2-6H,1H3;1H4. The topological polar surface area (TPSA) is 30.7 Å². The first kappa shape index (κ1) is 10.7. The highest BCUT2D eigenvalue weighted by Crippen LogP contribution is 2.13. The maximum atomic E-state index is 5.76. The van der Waals surface area contributed by atoms with E-state index in [2.05, 4.69) is 10.1 Å². The summed E-state index contributed by atoms with van der Waals surface area (Å²) < 4.78 is 1.76. The fourth-order valence-corrected chi connectivity index (χ4v) is 1.41. The van der Waals surface area contributed by atoms with Gasteiger partial charge in [0.15, 0.2) is 5.15 Å². The van der Waals surface area contributed by atoms with Gasteiger partial charge >= 0.3 is 0 Å². The molecular formula is C10H12ClN3. The molecule has 2 aromatic rings.